The van der Waals surface area contributed by atoms with Gasteiger partial charge in [0, 0.05) is 6.42 Å². The molecule has 0 saturated carbocycles. The van der Waals surface area contributed by atoms with Crippen LogP contribution in [0.4, 0.5) is 4.39 Å². The highest BCUT2D eigenvalue weighted by atomic mass is 19.1. The molecule has 0 spiro atoms. The molecule has 1 amide bonds. The summed E-state index contributed by atoms with van der Waals surface area (Å²) in [5.41, 5.74) is 2.12. The SMILES string of the molecule is O=C(CCC1CCNC1)NC1CCc2cc(F)ccc21. The largest absolute Gasteiger partial charge is 0.349 e. The van der Waals surface area contributed by atoms with Crippen LogP contribution in [0, 0.1) is 11.7 Å². The van der Waals surface area contributed by atoms with Crippen molar-refractivity contribution in [3.8, 4) is 0 Å². The van der Waals surface area contributed by atoms with Gasteiger partial charge in [-0.25, -0.2) is 4.39 Å². The Balaban J connectivity index is 1.52. The van der Waals surface area contributed by atoms with Gasteiger partial charge >= 0.3 is 0 Å². The highest BCUT2D eigenvalue weighted by Gasteiger charge is 2.24. The van der Waals surface area contributed by atoms with E-state index >= 15 is 0 Å². The third kappa shape index (κ3) is 3.01. The fraction of sp³-hybridized carbons (Fsp3) is 0.562. The summed E-state index contributed by atoms with van der Waals surface area (Å²) < 4.78 is 13.2. The molecule has 1 aliphatic carbocycles. The minimum absolute atomic E-state index is 0.0693. The van der Waals surface area contributed by atoms with Gasteiger partial charge in [0.1, 0.15) is 5.82 Å². The molecule has 1 aromatic carbocycles. The van der Waals surface area contributed by atoms with Crippen molar-refractivity contribution in [2.24, 2.45) is 5.92 Å². The zero-order chi connectivity index (χ0) is 13.9. The first kappa shape index (κ1) is 13.6. The van der Waals surface area contributed by atoms with Crippen molar-refractivity contribution in [2.45, 2.75) is 38.1 Å². The monoisotopic (exact) mass is 276 g/mol. The number of amides is 1. The third-order valence-electron chi connectivity index (χ3n) is 4.46. The lowest BCUT2D eigenvalue weighted by Crippen LogP contribution is -2.27. The normalized spacial score (nSPS) is 24.6. The van der Waals surface area contributed by atoms with Crippen molar-refractivity contribution in [1.29, 1.82) is 0 Å². The summed E-state index contributed by atoms with van der Waals surface area (Å²) in [6, 6.07) is 4.95. The van der Waals surface area contributed by atoms with Crippen LogP contribution in [-0.4, -0.2) is 19.0 Å². The number of rotatable bonds is 4. The molecular weight excluding hydrogens is 255 g/mol. The second kappa shape index (κ2) is 5.92. The Labute approximate surface area is 118 Å². The number of benzene rings is 1. The van der Waals surface area contributed by atoms with Crippen LogP contribution >= 0.6 is 0 Å². The Kier molecular flexibility index (Phi) is 4.01. The Morgan fingerprint density at radius 2 is 2.30 bits per heavy atom. The Bertz CT molecular complexity index is 497. The van der Waals surface area contributed by atoms with Crippen LogP contribution in [0.15, 0.2) is 18.2 Å². The Morgan fingerprint density at radius 3 is 3.10 bits per heavy atom. The van der Waals surface area contributed by atoms with Crippen LogP contribution in [-0.2, 0) is 11.2 Å². The molecule has 1 saturated heterocycles. The topological polar surface area (TPSA) is 41.1 Å². The number of nitrogens with one attached hydrogen (secondary N) is 2. The summed E-state index contributed by atoms with van der Waals surface area (Å²) in [7, 11) is 0. The number of fused-ring (bicyclic) bond motifs is 1. The molecule has 4 heteroatoms. The minimum Gasteiger partial charge on any atom is -0.349 e. The van der Waals surface area contributed by atoms with E-state index in [-0.39, 0.29) is 17.8 Å². The lowest BCUT2D eigenvalue weighted by molar-refractivity contribution is -0.122. The van der Waals surface area contributed by atoms with E-state index in [1.54, 1.807) is 6.07 Å². The van der Waals surface area contributed by atoms with E-state index in [9.17, 15) is 9.18 Å². The van der Waals surface area contributed by atoms with Crippen LogP contribution in [0.3, 0.4) is 0 Å². The Morgan fingerprint density at radius 1 is 1.40 bits per heavy atom. The number of carbonyl (C=O) groups excluding carboxylic acids is 1. The van der Waals surface area contributed by atoms with Crippen molar-refractivity contribution >= 4 is 5.91 Å². The van der Waals surface area contributed by atoms with Gasteiger partial charge in [-0.3, -0.25) is 4.79 Å². The van der Waals surface area contributed by atoms with Gasteiger partial charge in [0.15, 0.2) is 0 Å². The lowest BCUT2D eigenvalue weighted by Gasteiger charge is -2.15. The van der Waals surface area contributed by atoms with Gasteiger partial charge in [0.05, 0.1) is 6.04 Å². The van der Waals surface area contributed by atoms with E-state index in [1.807, 2.05) is 6.07 Å². The molecule has 2 atom stereocenters. The fourth-order valence-corrected chi connectivity index (χ4v) is 3.30. The van der Waals surface area contributed by atoms with Crippen LogP contribution in [0.5, 0.6) is 0 Å². The molecule has 2 N–H and O–H groups in total. The van der Waals surface area contributed by atoms with Gasteiger partial charge in [0.2, 0.25) is 5.91 Å². The number of halogens is 1. The standard InChI is InChI=1S/C16H21FN2O/c17-13-3-4-14-12(9-13)2-5-15(14)19-16(20)6-1-11-7-8-18-10-11/h3-4,9,11,15,18H,1-2,5-8,10H2,(H,19,20). The summed E-state index contributed by atoms with van der Waals surface area (Å²) in [5, 5.41) is 6.42. The van der Waals surface area contributed by atoms with Crippen molar-refractivity contribution in [3.05, 3.63) is 35.1 Å². The number of hydrogen-bond donors (Lipinski definition) is 2. The van der Waals surface area contributed by atoms with E-state index in [1.165, 1.54) is 12.5 Å². The molecule has 20 heavy (non-hydrogen) atoms. The molecule has 1 heterocycles. The van der Waals surface area contributed by atoms with Crippen LogP contribution in [0.2, 0.25) is 0 Å². The highest BCUT2D eigenvalue weighted by Crippen LogP contribution is 2.31. The minimum atomic E-state index is -0.190. The first-order chi connectivity index (χ1) is 9.72. The molecule has 1 aromatic rings. The van der Waals surface area contributed by atoms with Gasteiger partial charge in [-0.05, 0) is 68.0 Å². The molecule has 3 rings (SSSR count). The molecule has 1 aliphatic heterocycles. The van der Waals surface area contributed by atoms with E-state index in [4.69, 9.17) is 0 Å². The first-order valence-electron chi connectivity index (χ1n) is 7.51. The average Bonchev–Trinajstić information content (AvgIpc) is 3.06. The first-order valence-corrected chi connectivity index (χ1v) is 7.51. The quantitative estimate of drug-likeness (QED) is 0.886. The number of hydrogen-bond acceptors (Lipinski definition) is 2. The lowest BCUT2D eigenvalue weighted by atomic mass is 10.0. The fourth-order valence-electron chi connectivity index (χ4n) is 3.30. The average molecular weight is 276 g/mol. The number of aryl methyl sites for hydroxylation is 1. The predicted octanol–water partition coefficient (Wildman–Crippen LogP) is 2.32. The summed E-state index contributed by atoms with van der Waals surface area (Å²) in [4.78, 5) is 12.0. The zero-order valence-corrected chi connectivity index (χ0v) is 11.6. The van der Waals surface area contributed by atoms with Crippen molar-refractivity contribution in [2.75, 3.05) is 13.1 Å². The summed E-state index contributed by atoms with van der Waals surface area (Å²) in [6.45, 7) is 2.12. The zero-order valence-electron chi connectivity index (χ0n) is 11.6. The van der Waals surface area contributed by atoms with Crippen molar-refractivity contribution < 1.29 is 9.18 Å². The van der Waals surface area contributed by atoms with E-state index in [2.05, 4.69) is 10.6 Å². The summed E-state index contributed by atoms with van der Waals surface area (Å²) in [6.07, 6.45) is 4.47. The predicted molar refractivity (Wildman–Crippen MR) is 75.8 cm³/mol. The second-order valence-corrected chi connectivity index (χ2v) is 5.90. The maximum absolute atomic E-state index is 13.2. The summed E-state index contributed by atoms with van der Waals surface area (Å²) >= 11 is 0. The van der Waals surface area contributed by atoms with Crippen LogP contribution in [0.25, 0.3) is 0 Å². The maximum atomic E-state index is 13.2. The van der Waals surface area contributed by atoms with Gasteiger partial charge in [-0.1, -0.05) is 6.07 Å². The van der Waals surface area contributed by atoms with Gasteiger partial charge in [-0.2, -0.15) is 0 Å². The third-order valence-corrected chi connectivity index (χ3v) is 4.46. The smallest absolute Gasteiger partial charge is 0.220 e. The second-order valence-electron chi connectivity index (χ2n) is 5.90. The van der Waals surface area contributed by atoms with Gasteiger partial charge in [-0.15, -0.1) is 0 Å². The van der Waals surface area contributed by atoms with Crippen molar-refractivity contribution in [3.63, 3.8) is 0 Å². The number of carbonyl (C=O) groups is 1. The molecule has 0 aromatic heterocycles. The van der Waals surface area contributed by atoms with Gasteiger partial charge < -0.3 is 10.6 Å². The van der Waals surface area contributed by atoms with Crippen LogP contribution < -0.4 is 10.6 Å². The molecule has 0 bridgehead atoms. The Hall–Kier alpha value is -1.42. The molecule has 3 nitrogen and oxygen atoms in total. The van der Waals surface area contributed by atoms with E-state index in [0.717, 1.165) is 43.5 Å². The van der Waals surface area contributed by atoms with E-state index < -0.39 is 0 Å². The molecule has 108 valence electrons. The molecule has 1 fully saturated rings. The maximum Gasteiger partial charge on any atom is 0.220 e. The van der Waals surface area contributed by atoms with Crippen molar-refractivity contribution in [1.82, 2.24) is 10.6 Å². The highest BCUT2D eigenvalue weighted by molar-refractivity contribution is 5.76. The molecular formula is C16H21FN2O. The summed E-state index contributed by atoms with van der Waals surface area (Å²) in [5.74, 6) is 0.578. The molecule has 2 aliphatic rings. The molecule has 0 radical (unpaired) electrons. The van der Waals surface area contributed by atoms with Gasteiger partial charge in [0.25, 0.3) is 0 Å². The van der Waals surface area contributed by atoms with E-state index in [0.29, 0.717) is 12.3 Å². The van der Waals surface area contributed by atoms with Crippen LogP contribution in [0.1, 0.15) is 42.9 Å². The molecule has 2 unspecified atom stereocenters.